The first kappa shape index (κ1) is 19.2. The lowest BCUT2D eigenvalue weighted by molar-refractivity contribution is -0.150. The minimum atomic E-state index is -0.502. The average Bonchev–Trinajstić information content (AvgIpc) is 3.25. The Balaban J connectivity index is 1.49. The maximum absolute atomic E-state index is 12.9. The number of benzene rings is 1. The molecule has 10 heteroatoms. The van der Waals surface area contributed by atoms with Crippen LogP contribution in [0, 0.1) is 0 Å². The van der Waals surface area contributed by atoms with Crippen molar-refractivity contribution in [2.75, 3.05) is 12.9 Å². The third-order valence-corrected chi connectivity index (χ3v) is 5.82. The minimum Gasteiger partial charge on any atom is -0.497 e. The minimum absolute atomic E-state index is 0.000156. The molecule has 0 unspecified atom stereocenters. The van der Waals surface area contributed by atoms with Gasteiger partial charge in [0.1, 0.15) is 18.1 Å². The third-order valence-electron chi connectivity index (χ3n) is 4.58. The maximum atomic E-state index is 12.9. The highest BCUT2D eigenvalue weighted by molar-refractivity contribution is 8.00. The Labute approximate surface area is 171 Å². The molecular formula is C19H19N5O4S. The van der Waals surface area contributed by atoms with E-state index in [2.05, 4.69) is 15.4 Å². The van der Waals surface area contributed by atoms with Gasteiger partial charge in [-0.15, -0.1) is 22.0 Å². The summed E-state index contributed by atoms with van der Waals surface area (Å²) in [4.78, 5) is 27.9. The van der Waals surface area contributed by atoms with Gasteiger partial charge >= 0.3 is 5.97 Å². The quantitative estimate of drug-likeness (QED) is 0.498. The highest BCUT2D eigenvalue weighted by Gasteiger charge is 2.45. The van der Waals surface area contributed by atoms with E-state index in [0.29, 0.717) is 24.4 Å². The average molecular weight is 413 g/mol. The molecule has 29 heavy (non-hydrogen) atoms. The number of esters is 1. The zero-order valence-electron chi connectivity index (χ0n) is 15.7. The summed E-state index contributed by atoms with van der Waals surface area (Å²) in [5.41, 5.74) is 1.91. The zero-order chi connectivity index (χ0) is 20.2. The van der Waals surface area contributed by atoms with Gasteiger partial charge in [-0.1, -0.05) is 24.3 Å². The van der Waals surface area contributed by atoms with Crippen LogP contribution in [-0.2, 0) is 27.5 Å². The van der Waals surface area contributed by atoms with Crippen molar-refractivity contribution in [2.24, 2.45) is 0 Å². The number of fused-ring (bicyclic) bond motifs is 1. The lowest BCUT2D eigenvalue weighted by atomic mass is 10.1. The van der Waals surface area contributed by atoms with Gasteiger partial charge in [0, 0.05) is 5.75 Å². The number of amides is 1. The SMILES string of the molecule is COc1ccc(COC(=O)C2=C(/C=C\Cn3ncnn3)CS[C@@H]3CC(=O)N23)cc1. The Morgan fingerprint density at radius 3 is 2.86 bits per heavy atom. The van der Waals surface area contributed by atoms with E-state index in [1.165, 1.54) is 16.0 Å². The van der Waals surface area contributed by atoms with Crippen molar-refractivity contribution >= 4 is 23.6 Å². The van der Waals surface area contributed by atoms with Gasteiger partial charge in [0.15, 0.2) is 6.33 Å². The molecule has 1 atom stereocenters. The number of tetrazole rings is 1. The number of β-lactam (4-membered cyclic amide) rings is 1. The molecule has 1 aromatic heterocycles. The summed E-state index contributed by atoms with van der Waals surface area (Å²) in [5, 5.41) is 11.4. The lowest BCUT2D eigenvalue weighted by Gasteiger charge is -2.44. The monoisotopic (exact) mass is 413 g/mol. The summed E-state index contributed by atoms with van der Waals surface area (Å²) in [5.74, 6) is 0.790. The zero-order valence-corrected chi connectivity index (χ0v) is 16.5. The van der Waals surface area contributed by atoms with E-state index in [0.717, 1.165) is 16.9 Å². The number of carbonyl (C=O) groups excluding carboxylic acids is 2. The molecule has 150 valence electrons. The molecular weight excluding hydrogens is 394 g/mol. The predicted molar refractivity (Wildman–Crippen MR) is 104 cm³/mol. The predicted octanol–water partition coefficient (Wildman–Crippen LogP) is 1.54. The van der Waals surface area contributed by atoms with E-state index in [1.54, 1.807) is 31.0 Å². The Bertz CT molecular complexity index is 955. The van der Waals surface area contributed by atoms with E-state index in [9.17, 15) is 9.59 Å². The third kappa shape index (κ3) is 4.16. The summed E-state index contributed by atoms with van der Waals surface area (Å²) >= 11 is 1.64. The number of hydrogen-bond acceptors (Lipinski definition) is 8. The number of ether oxygens (including phenoxy) is 2. The number of carbonyl (C=O) groups is 2. The maximum Gasteiger partial charge on any atom is 0.355 e. The van der Waals surface area contributed by atoms with Crippen molar-refractivity contribution in [3.63, 3.8) is 0 Å². The summed E-state index contributed by atoms with van der Waals surface area (Å²) < 4.78 is 10.6. The fraction of sp³-hybridized carbons (Fsp3) is 0.316. The topological polar surface area (TPSA) is 99.4 Å². The highest BCUT2D eigenvalue weighted by atomic mass is 32.2. The molecule has 0 saturated carbocycles. The summed E-state index contributed by atoms with van der Waals surface area (Å²) in [6, 6.07) is 7.28. The van der Waals surface area contributed by atoms with E-state index < -0.39 is 5.97 Å². The van der Waals surface area contributed by atoms with Crippen molar-refractivity contribution in [3.05, 3.63) is 59.6 Å². The van der Waals surface area contributed by atoms with Gasteiger partial charge in [0.2, 0.25) is 5.91 Å². The van der Waals surface area contributed by atoms with Crippen molar-refractivity contribution in [3.8, 4) is 5.75 Å². The molecule has 1 aromatic carbocycles. The number of rotatable bonds is 7. The number of aromatic nitrogens is 4. The first-order valence-electron chi connectivity index (χ1n) is 9.00. The molecule has 9 nitrogen and oxygen atoms in total. The van der Waals surface area contributed by atoms with Crippen LogP contribution in [0.5, 0.6) is 5.75 Å². The van der Waals surface area contributed by atoms with E-state index in [-0.39, 0.29) is 17.9 Å². The molecule has 1 saturated heterocycles. The van der Waals surface area contributed by atoms with Crippen LogP contribution in [0.2, 0.25) is 0 Å². The molecule has 1 fully saturated rings. The van der Waals surface area contributed by atoms with Gasteiger partial charge < -0.3 is 9.47 Å². The van der Waals surface area contributed by atoms with E-state index in [4.69, 9.17) is 9.47 Å². The Hall–Kier alpha value is -3.14. The van der Waals surface area contributed by atoms with E-state index in [1.807, 2.05) is 24.3 Å². The molecule has 0 bridgehead atoms. The van der Waals surface area contributed by atoms with Crippen LogP contribution in [0.4, 0.5) is 0 Å². The van der Waals surface area contributed by atoms with Gasteiger partial charge in [-0.3, -0.25) is 9.69 Å². The fourth-order valence-electron chi connectivity index (χ4n) is 3.06. The van der Waals surface area contributed by atoms with Crippen LogP contribution in [0.3, 0.4) is 0 Å². The molecule has 2 aliphatic rings. The molecule has 2 aliphatic heterocycles. The van der Waals surface area contributed by atoms with E-state index >= 15 is 0 Å². The fourth-order valence-corrected chi connectivity index (χ4v) is 4.29. The molecule has 0 N–H and O–H groups in total. The number of thioether (sulfide) groups is 1. The summed E-state index contributed by atoms with van der Waals surface area (Å²) in [7, 11) is 1.59. The normalized spacial score (nSPS) is 18.6. The largest absolute Gasteiger partial charge is 0.497 e. The van der Waals surface area contributed by atoms with Gasteiger partial charge in [0.05, 0.1) is 25.4 Å². The Morgan fingerprint density at radius 2 is 2.17 bits per heavy atom. The van der Waals surface area contributed by atoms with Crippen LogP contribution in [-0.4, -0.2) is 55.2 Å². The second kappa shape index (κ2) is 8.48. The molecule has 2 aromatic rings. The van der Waals surface area contributed by atoms with Gasteiger partial charge in [0.25, 0.3) is 0 Å². The molecule has 0 aliphatic carbocycles. The van der Waals surface area contributed by atoms with Crippen LogP contribution >= 0.6 is 11.8 Å². The molecule has 1 amide bonds. The Kier molecular flexibility index (Phi) is 5.61. The number of methoxy groups -OCH3 is 1. The molecule has 3 heterocycles. The standard InChI is InChI=1S/C19H19N5O4S/c1-27-15-6-4-13(5-7-15)10-28-19(26)18-14(3-2-8-23-21-12-20-22-23)11-29-17-9-16(25)24(17)18/h2-7,12,17H,8-11H2,1H3/b3-2-/t17-/m1/s1. The van der Waals surface area contributed by atoms with Crippen LogP contribution in [0.1, 0.15) is 12.0 Å². The number of allylic oxidation sites excluding steroid dienone is 2. The first-order chi connectivity index (χ1) is 14.2. The van der Waals surface area contributed by atoms with Crippen molar-refractivity contribution < 1.29 is 19.1 Å². The van der Waals surface area contributed by atoms with Crippen molar-refractivity contribution in [1.82, 2.24) is 25.1 Å². The highest BCUT2D eigenvalue weighted by Crippen LogP contribution is 2.40. The second-order valence-electron chi connectivity index (χ2n) is 6.42. The summed E-state index contributed by atoms with van der Waals surface area (Å²) in [6.07, 6.45) is 5.45. The van der Waals surface area contributed by atoms with Crippen molar-refractivity contribution in [2.45, 2.75) is 24.9 Å². The van der Waals surface area contributed by atoms with Gasteiger partial charge in [-0.25, -0.2) is 4.79 Å². The molecule has 0 spiro atoms. The first-order valence-corrected chi connectivity index (χ1v) is 10.0. The summed E-state index contributed by atoms with van der Waals surface area (Å²) in [6.45, 7) is 0.533. The molecule has 4 rings (SSSR count). The molecule has 0 radical (unpaired) electrons. The van der Waals surface area contributed by atoms with Crippen molar-refractivity contribution in [1.29, 1.82) is 0 Å². The lowest BCUT2D eigenvalue weighted by Crippen LogP contribution is -2.54. The number of nitrogens with zero attached hydrogens (tertiary/aromatic N) is 5. The smallest absolute Gasteiger partial charge is 0.355 e. The van der Waals surface area contributed by atoms with Gasteiger partial charge in [-0.05, 0) is 28.5 Å². The Morgan fingerprint density at radius 1 is 1.34 bits per heavy atom. The number of hydrogen-bond donors (Lipinski definition) is 0. The van der Waals surface area contributed by atoms with Gasteiger partial charge in [-0.2, -0.15) is 4.80 Å². The van der Waals surface area contributed by atoms with Crippen LogP contribution in [0.25, 0.3) is 0 Å². The van der Waals surface area contributed by atoms with Crippen LogP contribution in [0.15, 0.2) is 54.0 Å². The second-order valence-corrected chi connectivity index (χ2v) is 7.59. The van der Waals surface area contributed by atoms with Crippen LogP contribution < -0.4 is 4.74 Å².